The number of carbonyl (C=O) groups is 5. The van der Waals surface area contributed by atoms with Crippen molar-refractivity contribution in [2.45, 2.75) is 60.8 Å². The fourth-order valence-electron chi connectivity index (χ4n) is 4.96. The quantitative estimate of drug-likeness (QED) is 0.435. The molecule has 9 nitrogen and oxygen atoms in total. The third kappa shape index (κ3) is 4.12. The van der Waals surface area contributed by atoms with Crippen LogP contribution in [-0.2, 0) is 23.9 Å². The first kappa shape index (κ1) is 25.9. The number of hydrogen-bond acceptors (Lipinski definition) is 8. The molecule has 2 bridgehead atoms. The number of hydrogen-bond donors (Lipinski definition) is 1. The molecule has 3 rings (SSSR count). The molecule has 10 heteroatoms. The second-order valence-electron chi connectivity index (χ2n) is 9.44. The fraction of sp³-hybridized carbons (Fsp3) is 0.625. The van der Waals surface area contributed by atoms with Gasteiger partial charge in [-0.2, -0.15) is 0 Å². The third-order valence-electron chi connectivity index (χ3n) is 7.41. The van der Waals surface area contributed by atoms with Gasteiger partial charge < -0.3 is 14.8 Å². The van der Waals surface area contributed by atoms with E-state index in [1.807, 2.05) is 20.8 Å². The van der Waals surface area contributed by atoms with Crippen molar-refractivity contribution in [3.8, 4) is 0 Å². The number of imide groups is 1. The summed E-state index contributed by atoms with van der Waals surface area (Å²) in [6, 6.07) is 0. The lowest BCUT2D eigenvalue weighted by atomic mass is 9.62. The lowest BCUT2D eigenvalue weighted by Gasteiger charge is -2.47. The van der Waals surface area contributed by atoms with Gasteiger partial charge >= 0.3 is 11.9 Å². The van der Waals surface area contributed by atoms with Crippen LogP contribution in [0, 0.1) is 23.7 Å². The van der Waals surface area contributed by atoms with Crippen LogP contribution in [0.25, 0.3) is 0 Å². The molecule has 1 aliphatic carbocycles. The monoisotopic (exact) mass is 492 g/mol. The van der Waals surface area contributed by atoms with Crippen molar-refractivity contribution in [1.29, 1.82) is 0 Å². The summed E-state index contributed by atoms with van der Waals surface area (Å²) in [6.07, 6.45) is 1.17. The largest absolute Gasteiger partial charge is 0.462 e. The van der Waals surface area contributed by atoms with Crippen LogP contribution in [0.5, 0.6) is 0 Å². The van der Waals surface area contributed by atoms with E-state index >= 15 is 0 Å². The van der Waals surface area contributed by atoms with Gasteiger partial charge in [0.05, 0.1) is 24.2 Å². The fourth-order valence-corrected chi connectivity index (χ4v) is 6.06. The van der Waals surface area contributed by atoms with Gasteiger partial charge in [-0.05, 0) is 44.6 Å². The molecule has 3 amide bonds. The average Bonchev–Trinajstić information content (AvgIpc) is 3.17. The molecule has 1 saturated heterocycles. The molecule has 34 heavy (non-hydrogen) atoms. The Hall–Kier alpha value is -2.75. The van der Waals surface area contributed by atoms with Crippen LogP contribution in [0.3, 0.4) is 0 Å². The Morgan fingerprint density at radius 1 is 1.09 bits per heavy atom. The van der Waals surface area contributed by atoms with Gasteiger partial charge in [-0.15, -0.1) is 11.3 Å². The molecule has 2 fully saturated rings. The number of nitrogens with one attached hydrogen (secondary N) is 1. The zero-order valence-corrected chi connectivity index (χ0v) is 21.3. The summed E-state index contributed by atoms with van der Waals surface area (Å²) >= 11 is 0.934. The van der Waals surface area contributed by atoms with Crippen molar-refractivity contribution in [3.05, 3.63) is 16.0 Å². The van der Waals surface area contributed by atoms with Crippen LogP contribution >= 0.6 is 11.3 Å². The van der Waals surface area contributed by atoms with E-state index in [9.17, 15) is 24.0 Å². The minimum absolute atomic E-state index is 0.0461. The summed E-state index contributed by atoms with van der Waals surface area (Å²) in [4.78, 5) is 65.1. The number of fused-ring (bicyclic) bond motifs is 2. The smallest absolute Gasteiger partial charge is 0.348 e. The molecule has 186 valence electrons. The molecule has 2 heterocycles. The first-order chi connectivity index (χ1) is 15.9. The predicted octanol–water partition coefficient (Wildman–Crippen LogP) is 3.55. The van der Waals surface area contributed by atoms with Gasteiger partial charge in [0, 0.05) is 18.9 Å². The van der Waals surface area contributed by atoms with Crippen LogP contribution in [-0.4, -0.2) is 54.3 Å². The Kier molecular flexibility index (Phi) is 7.21. The Labute approximate surface area is 203 Å². The highest BCUT2D eigenvalue weighted by atomic mass is 32.1. The molecule has 0 spiro atoms. The summed E-state index contributed by atoms with van der Waals surface area (Å²) in [5, 5.41) is 2.84. The Morgan fingerprint density at radius 2 is 1.71 bits per heavy atom. The molecule has 0 radical (unpaired) electrons. The molecule has 1 aliphatic heterocycles. The molecular weight excluding hydrogens is 460 g/mol. The zero-order valence-electron chi connectivity index (χ0n) is 20.5. The Morgan fingerprint density at radius 3 is 2.32 bits per heavy atom. The van der Waals surface area contributed by atoms with Crippen molar-refractivity contribution in [1.82, 2.24) is 4.90 Å². The van der Waals surface area contributed by atoms with Gasteiger partial charge in [-0.25, -0.2) is 9.59 Å². The number of ether oxygens (including phenoxy) is 2. The normalized spacial score (nSPS) is 23.1. The number of piperidine rings is 1. The van der Waals surface area contributed by atoms with Crippen LogP contribution in [0.15, 0.2) is 0 Å². The average molecular weight is 493 g/mol. The summed E-state index contributed by atoms with van der Waals surface area (Å²) in [5.74, 6) is -2.46. The van der Waals surface area contributed by atoms with Gasteiger partial charge in [-0.1, -0.05) is 20.8 Å². The molecule has 2 aliphatic rings. The topological polar surface area (TPSA) is 119 Å². The number of likely N-dealkylation sites (tertiary alicyclic amines) is 1. The van der Waals surface area contributed by atoms with Crippen LogP contribution in [0.4, 0.5) is 5.00 Å². The Bertz CT molecular complexity index is 1040. The zero-order chi connectivity index (χ0) is 25.4. The highest BCUT2D eigenvalue weighted by Gasteiger charge is 2.64. The number of amides is 3. The maximum absolute atomic E-state index is 13.2. The SMILES string of the molecule is CCOC(=O)c1sc(NC(=O)CCN2C(=O)C3CCC(C)(C2=O)C3(C)C)c(C(=O)OCC)c1C. The van der Waals surface area contributed by atoms with E-state index in [-0.39, 0.29) is 59.4 Å². The van der Waals surface area contributed by atoms with E-state index in [4.69, 9.17) is 9.47 Å². The molecule has 1 aromatic rings. The van der Waals surface area contributed by atoms with E-state index in [1.54, 1.807) is 20.8 Å². The van der Waals surface area contributed by atoms with Crippen molar-refractivity contribution >= 4 is 46.0 Å². The highest BCUT2D eigenvalue weighted by Crippen LogP contribution is 2.60. The number of nitrogens with zero attached hydrogens (tertiary/aromatic N) is 1. The van der Waals surface area contributed by atoms with Crippen molar-refractivity contribution in [2.24, 2.45) is 16.7 Å². The number of anilines is 1. The van der Waals surface area contributed by atoms with Crippen molar-refractivity contribution in [2.75, 3.05) is 25.1 Å². The lowest BCUT2D eigenvalue weighted by molar-refractivity contribution is -0.167. The Balaban J connectivity index is 1.77. The summed E-state index contributed by atoms with van der Waals surface area (Å²) in [6.45, 7) is 11.0. The molecule has 0 aromatic carbocycles. The van der Waals surface area contributed by atoms with E-state index in [0.717, 1.165) is 11.3 Å². The first-order valence-electron chi connectivity index (χ1n) is 11.5. The highest BCUT2D eigenvalue weighted by molar-refractivity contribution is 7.18. The standard InChI is InChI=1S/C24H32N2O7S/c1-7-32-20(29)16-13(3)17(21(30)33-8-2)34-18(16)25-15(27)10-12-26-19(28)14-9-11-24(6,22(26)31)23(14,4)5/h14H,7-12H2,1-6H3,(H,25,27). The van der Waals surface area contributed by atoms with Crippen LogP contribution < -0.4 is 5.32 Å². The van der Waals surface area contributed by atoms with E-state index in [0.29, 0.717) is 18.4 Å². The predicted molar refractivity (Wildman–Crippen MR) is 126 cm³/mol. The molecule has 1 aromatic heterocycles. The minimum atomic E-state index is -0.657. The van der Waals surface area contributed by atoms with Gasteiger partial charge in [0.25, 0.3) is 0 Å². The van der Waals surface area contributed by atoms with Gasteiger partial charge in [0.1, 0.15) is 9.88 Å². The molecule has 1 N–H and O–H groups in total. The number of esters is 2. The maximum atomic E-state index is 13.2. The van der Waals surface area contributed by atoms with Crippen LogP contribution in [0.1, 0.15) is 79.5 Å². The lowest BCUT2D eigenvalue weighted by Crippen LogP contribution is -2.59. The van der Waals surface area contributed by atoms with Crippen LogP contribution in [0.2, 0.25) is 0 Å². The third-order valence-corrected chi connectivity index (χ3v) is 8.60. The van der Waals surface area contributed by atoms with Gasteiger partial charge in [0.2, 0.25) is 17.7 Å². The number of thiophene rings is 1. The van der Waals surface area contributed by atoms with E-state index in [1.165, 1.54) is 4.90 Å². The summed E-state index contributed by atoms with van der Waals surface area (Å²) in [5.41, 5.74) is -0.601. The second kappa shape index (κ2) is 9.48. The molecule has 1 saturated carbocycles. The minimum Gasteiger partial charge on any atom is -0.462 e. The second-order valence-corrected chi connectivity index (χ2v) is 10.5. The summed E-state index contributed by atoms with van der Waals surface area (Å²) < 4.78 is 10.1. The van der Waals surface area contributed by atoms with E-state index < -0.39 is 28.7 Å². The van der Waals surface area contributed by atoms with Gasteiger partial charge in [0.15, 0.2) is 0 Å². The first-order valence-corrected chi connectivity index (χ1v) is 12.4. The number of carbonyl (C=O) groups excluding carboxylic acids is 5. The van der Waals surface area contributed by atoms with Gasteiger partial charge in [-0.3, -0.25) is 19.3 Å². The van der Waals surface area contributed by atoms with E-state index in [2.05, 4.69) is 5.32 Å². The molecule has 2 unspecified atom stereocenters. The number of rotatable bonds is 8. The molecular formula is C24H32N2O7S. The summed E-state index contributed by atoms with van der Waals surface area (Å²) in [7, 11) is 0. The van der Waals surface area contributed by atoms with Crippen molar-refractivity contribution < 1.29 is 33.4 Å². The maximum Gasteiger partial charge on any atom is 0.348 e. The molecule has 2 atom stereocenters. The van der Waals surface area contributed by atoms with Crippen molar-refractivity contribution in [3.63, 3.8) is 0 Å².